The summed E-state index contributed by atoms with van der Waals surface area (Å²) in [5, 5.41) is 18.5. The molecule has 1 heterocycles. The molecule has 0 amide bonds. The molecule has 0 aliphatic rings. The standard InChI is InChI=1S/C21H23N3O3S/c1-3-24-19(16-7-5-15(2)6-8-16)22-23-21(24)28-14-4-13-27-18-11-9-17(10-12-18)20(25)26/h5-12H,3-4,13-14H2,1-2H3,(H,25,26). The van der Waals surface area contributed by atoms with Crippen molar-refractivity contribution in [1.82, 2.24) is 14.8 Å². The van der Waals surface area contributed by atoms with Gasteiger partial charge in [0.2, 0.25) is 0 Å². The van der Waals surface area contributed by atoms with E-state index in [1.165, 1.54) is 5.56 Å². The van der Waals surface area contributed by atoms with Crippen LogP contribution < -0.4 is 4.74 Å². The summed E-state index contributed by atoms with van der Waals surface area (Å²) in [6.45, 7) is 5.53. The highest BCUT2D eigenvalue weighted by Crippen LogP contribution is 2.24. The Labute approximate surface area is 168 Å². The van der Waals surface area contributed by atoms with Crippen molar-refractivity contribution in [2.75, 3.05) is 12.4 Å². The molecule has 2 aromatic carbocycles. The van der Waals surface area contributed by atoms with Crippen molar-refractivity contribution in [2.45, 2.75) is 32.0 Å². The number of hydrogen-bond acceptors (Lipinski definition) is 5. The van der Waals surface area contributed by atoms with E-state index in [1.807, 2.05) is 0 Å². The van der Waals surface area contributed by atoms with Crippen LogP contribution in [0.25, 0.3) is 11.4 Å². The number of carbonyl (C=O) groups is 1. The molecule has 0 radical (unpaired) electrons. The third-order valence-electron chi connectivity index (χ3n) is 4.23. The number of benzene rings is 2. The van der Waals surface area contributed by atoms with Gasteiger partial charge >= 0.3 is 5.97 Å². The lowest BCUT2D eigenvalue weighted by Crippen LogP contribution is -2.02. The van der Waals surface area contributed by atoms with Crippen LogP contribution in [0.3, 0.4) is 0 Å². The lowest BCUT2D eigenvalue weighted by molar-refractivity contribution is 0.0697. The second-order valence-corrected chi connectivity index (χ2v) is 7.36. The van der Waals surface area contributed by atoms with Crippen molar-refractivity contribution in [1.29, 1.82) is 0 Å². The van der Waals surface area contributed by atoms with Gasteiger partial charge in [0, 0.05) is 17.9 Å². The third-order valence-corrected chi connectivity index (χ3v) is 5.29. The second kappa shape index (κ2) is 9.41. The number of ether oxygens (including phenoxy) is 1. The Morgan fingerprint density at radius 3 is 2.46 bits per heavy atom. The van der Waals surface area contributed by atoms with Gasteiger partial charge in [-0.15, -0.1) is 10.2 Å². The van der Waals surface area contributed by atoms with Crippen molar-refractivity contribution < 1.29 is 14.6 Å². The van der Waals surface area contributed by atoms with Crippen LogP contribution in [-0.2, 0) is 6.54 Å². The topological polar surface area (TPSA) is 77.2 Å². The number of rotatable bonds is 9. The van der Waals surface area contributed by atoms with E-state index < -0.39 is 5.97 Å². The monoisotopic (exact) mass is 397 g/mol. The zero-order chi connectivity index (χ0) is 19.9. The fourth-order valence-electron chi connectivity index (χ4n) is 2.70. The zero-order valence-electron chi connectivity index (χ0n) is 16.0. The smallest absolute Gasteiger partial charge is 0.335 e. The van der Waals surface area contributed by atoms with E-state index in [-0.39, 0.29) is 5.56 Å². The minimum Gasteiger partial charge on any atom is -0.494 e. The maximum Gasteiger partial charge on any atom is 0.335 e. The van der Waals surface area contributed by atoms with Gasteiger partial charge in [0.15, 0.2) is 11.0 Å². The lowest BCUT2D eigenvalue weighted by atomic mass is 10.1. The predicted octanol–water partition coefficient (Wildman–Crippen LogP) is 4.53. The summed E-state index contributed by atoms with van der Waals surface area (Å²) in [6, 6.07) is 14.8. The maximum atomic E-state index is 10.8. The van der Waals surface area contributed by atoms with Gasteiger partial charge < -0.3 is 14.4 Å². The van der Waals surface area contributed by atoms with Gasteiger partial charge in [-0.05, 0) is 44.5 Å². The minimum absolute atomic E-state index is 0.256. The Hall–Kier alpha value is -2.80. The molecule has 28 heavy (non-hydrogen) atoms. The number of aromatic carboxylic acids is 1. The normalized spacial score (nSPS) is 10.8. The molecule has 1 N–H and O–H groups in total. The molecule has 0 spiro atoms. The van der Waals surface area contributed by atoms with Crippen LogP contribution in [0.4, 0.5) is 0 Å². The number of carboxylic acid groups (broad SMARTS) is 1. The number of nitrogens with zero attached hydrogens (tertiary/aromatic N) is 3. The molecular weight excluding hydrogens is 374 g/mol. The molecule has 146 valence electrons. The molecule has 0 aliphatic heterocycles. The van der Waals surface area contributed by atoms with E-state index in [2.05, 4.69) is 52.9 Å². The van der Waals surface area contributed by atoms with Crippen LogP contribution in [0, 0.1) is 6.92 Å². The molecule has 0 saturated carbocycles. The molecule has 6 nitrogen and oxygen atoms in total. The van der Waals surface area contributed by atoms with Gasteiger partial charge in [-0.1, -0.05) is 41.6 Å². The van der Waals surface area contributed by atoms with Gasteiger partial charge in [0.25, 0.3) is 0 Å². The van der Waals surface area contributed by atoms with E-state index in [4.69, 9.17) is 9.84 Å². The van der Waals surface area contributed by atoms with Gasteiger partial charge in [0.05, 0.1) is 12.2 Å². The largest absolute Gasteiger partial charge is 0.494 e. The van der Waals surface area contributed by atoms with Gasteiger partial charge in [-0.25, -0.2) is 4.79 Å². The summed E-state index contributed by atoms with van der Waals surface area (Å²) < 4.78 is 7.80. The Balaban J connectivity index is 1.51. The first-order valence-electron chi connectivity index (χ1n) is 9.17. The number of aromatic nitrogens is 3. The summed E-state index contributed by atoms with van der Waals surface area (Å²) in [6.07, 6.45) is 0.849. The first kappa shape index (κ1) is 19.9. The Kier molecular flexibility index (Phi) is 6.71. The van der Waals surface area contributed by atoms with Crippen LogP contribution in [0.15, 0.2) is 53.7 Å². The molecule has 0 atom stereocenters. The van der Waals surface area contributed by atoms with Crippen molar-refractivity contribution in [3.8, 4) is 17.1 Å². The average molecular weight is 398 g/mol. The van der Waals surface area contributed by atoms with E-state index >= 15 is 0 Å². The van der Waals surface area contributed by atoms with Crippen molar-refractivity contribution in [2.24, 2.45) is 0 Å². The van der Waals surface area contributed by atoms with Gasteiger partial charge in [-0.2, -0.15) is 0 Å². The van der Waals surface area contributed by atoms with Crippen LogP contribution in [-0.4, -0.2) is 38.2 Å². The fraction of sp³-hybridized carbons (Fsp3) is 0.286. The summed E-state index contributed by atoms with van der Waals surface area (Å²) >= 11 is 1.66. The molecule has 3 rings (SSSR count). The van der Waals surface area contributed by atoms with Crippen molar-refractivity contribution in [3.05, 3.63) is 59.7 Å². The number of aryl methyl sites for hydroxylation is 1. The van der Waals surface area contributed by atoms with Gasteiger partial charge in [-0.3, -0.25) is 0 Å². The van der Waals surface area contributed by atoms with Crippen LogP contribution in [0.5, 0.6) is 5.75 Å². The molecule has 1 aromatic heterocycles. The number of carboxylic acids is 1. The van der Waals surface area contributed by atoms with E-state index in [1.54, 1.807) is 36.0 Å². The van der Waals surface area contributed by atoms with Crippen LogP contribution >= 0.6 is 11.8 Å². The Morgan fingerprint density at radius 2 is 1.82 bits per heavy atom. The minimum atomic E-state index is -0.937. The molecule has 0 bridgehead atoms. The quantitative estimate of drug-likeness (QED) is 0.422. The van der Waals surface area contributed by atoms with E-state index in [0.29, 0.717) is 12.4 Å². The van der Waals surface area contributed by atoms with Gasteiger partial charge in [0.1, 0.15) is 5.75 Å². The summed E-state index contributed by atoms with van der Waals surface area (Å²) in [4.78, 5) is 10.8. The SMILES string of the molecule is CCn1c(SCCCOc2ccc(C(=O)O)cc2)nnc1-c1ccc(C)cc1. The number of hydrogen-bond donors (Lipinski definition) is 1. The molecule has 7 heteroatoms. The van der Waals surface area contributed by atoms with Crippen LogP contribution in [0.1, 0.15) is 29.3 Å². The summed E-state index contributed by atoms with van der Waals surface area (Å²) in [7, 11) is 0. The molecule has 0 fully saturated rings. The third kappa shape index (κ3) is 4.92. The predicted molar refractivity (Wildman–Crippen MR) is 110 cm³/mol. The first-order valence-corrected chi connectivity index (χ1v) is 10.2. The molecule has 3 aromatic rings. The van der Waals surface area contributed by atoms with E-state index in [9.17, 15) is 4.79 Å². The average Bonchev–Trinajstić information content (AvgIpc) is 3.11. The highest BCUT2D eigenvalue weighted by atomic mass is 32.2. The lowest BCUT2D eigenvalue weighted by Gasteiger charge is -2.08. The van der Waals surface area contributed by atoms with Crippen molar-refractivity contribution >= 4 is 17.7 Å². The molecule has 0 unspecified atom stereocenters. The first-order chi connectivity index (χ1) is 13.6. The van der Waals surface area contributed by atoms with Crippen LogP contribution in [0.2, 0.25) is 0 Å². The number of thioether (sulfide) groups is 1. The Bertz CT molecular complexity index is 921. The highest BCUT2D eigenvalue weighted by molar-refractivity contribution is 7.99. The molecular formula is C21H23N3O3S. The highest BCUT2D eigenvalue weighted by Gasteiger charge is 2.12. The summed E-state index contributed by atoms with van der Waals surface area (Å²) in [5.74, 6) is 1.49. The Morgan fingerprint density at radius 1 is 1.11 bits per heavy atom. The zero-order valence-corrected chi connectivity index (χ0v) is 16.8. The van der Waals surface area contributed by atoms with E-state index in [0.717, 1.165) is 35.3 Å². The molecule has 0 aliphatic carbocycles. The summed E-state index contributed by atoms with van der Waals surface area (Å²) in [5.41, 5.74) is 2.55. The molecule has 0 saturated heterocycles. The van der Waals surface area contributed by atoms with Crippen molar-refractivity contribution in [3.63, 3.8) is 0 Å². The second-order valence-electron chi connectivity index (χ2n) is 6.30. The maximum absolute atomic E-state index is 10.8. The fourth-order valence-corrected chi connectivity index (χ4v) is 3.62.